The summed E-state index contributed by atoms with van der Waals surface area (Å²) >= 11 is 1.66. The fourth-order valence-electron chi connectivity index (χ4n) is 2.21. The number of nitrogens with zero attached hydrogens (tertiary/aromatic N) is 3. The Balaban J connectivity index is 1.58. The maximum absolute atomic E-state index is 12.9. The molecule has 0 amide bonds. The molecule has 4 nitrogen and oxygen atoms in total. The fourth-order valence-corrected chi connectivity index (χ4v) is 3.09. The van der Waals surface area contributed by atoms with Gasteiger partial charge in [0, 0.05) is 18.5 Å². The van der Waals surface area contributed by atoms with Crippen molar-refractivity contribution in [1.29, 1.82) is 0 Å². The third-order valence-electron chi connectivity index (χ3n) is 3.71. The minimum Gasteiger partial charge on any atom is -0.378 e. The summed E-state index contributed by atoms with van der Waals surface area (Å²) in [7, 11) is 1.96. The van der Waals surface area contributed by atoms with Crippen LogP contribution < -0.4 is 5.32 Å². The summed E-state index contributed by atoms with van der Waals surface area (Å²) < 4.78 is 14.9. The van der Waals surface area contributed by atoms with Crippen molar-refractivity contribution in [3.05, 3.63) is 71.3 Å². The molecule has 0 fully saturated rings. The van der Waals surface area contributed by atoms with E-state index in [1.54, 1.807) is 23.9 Å². The largest absolute Gasteiger partial charge is 0.378 e. The van der Waals surface area contributed by atoms with Crippen molar-refractivity contribution in [3.63, 3.8) is 0 Å². The first kappa shape index (κ1) is 16.5. The lowest BCUT2D eigenvalue weighted by molar-refractivity contribution is 0.628. The normalized spacial score (nSPS) is 10.8. The average Bonchev–Trinajstić information content (AvgIpc) is 2.94. The number of nitrogens with one attached hydrogen (secondary N) is 1. The van der Waals surface area contributed by atoms with Gasteiger partial charge in [-0.25, -0.2) is 4.39 Å². The molecule has 6 heteroatoms. The predicted octanol–water partition coefficient (Wildman–Crippen LogP) is 4.17. The Kier molecular flexibility index (Phi) is 5.15. The lowest BCUT2D eigenvalue weighted by Gasteiger charge is -2.07. The molecule has 0 aliphatic carbocycles. The van der Waals surface area contributed by atoms with Crippen molar-refractivity contribution >= 4 is 17.4 Å². The molecule has 3 aromatic rings. The van der Waals surface area contributed by atoms with Gasteiger partial charge in [-0.2, -0.15) is 0 Å². The van der Waals surface area contributed by atoms with Crippen LogP contribution in [0.1, 0.15) is 17.0 Å². The highest BCUT2D eigenvalue weighted by Crippen LogP contribution is 2.21. The summed E-state index contributed by atoms with van der Waals surface area (Å²) in [6.07, 6.45) is 0. The van der Waals surface area contributed by atoms with Crippen LogP contribution in [-0.4, -0.2) is 14.8 Å². The molecule has 0 unspecified atom stereocenters. The smallest absolute Gasteiger partial charge is 0.191 e. The number of hydrogen-bond acceptors (Lipinski definition) is 4. The summed E-state index contributed by atoms with van der Waals surface area (Å²) in [6, 6.07) is 14.8. The van der Waals surface area contributed by atoms with Crippen molar-refractivity contribution in [2.45, 2.75) is 24.4 Å². The Hall–Kier alpha value is -2.34. The lowest BCUT2D eigenvalue weighted by atomic mass is 10.2. The molecule has 3 rings (SSSR count). The molecule has 0 aliphatic heterocycles. The Morgan fingerprint density at radius 2 is 1.75 bits per heavy atom. The van der Waals surface area contributed by atoms with Crippen molar-refractivity contribution < 1.29 is 4.39 Å². The van der Waals surface area contributed by atoms with Gasteiger partial charge >= 0.3 is 0 Å². The van der Waals surface area contributed by atoms with E-state index in [4.69, 9.17) is 0 Å². The van der Waals surface area contributed by atoms with Crippen molar-refractivity contribution in [3.8, 4) is 0 Å². The minimum absolute atomic E-state index is 0.242. The lowest BCUT2D eigenvalue weighted by Crippen LogP contribution is -2.06. The fraction of sp³-hybridized carbons (Fsp3) is 0.222. The Morgan fingerprint density at radius 1 is 1.04 bits per heavy atom. The molecule has 0 saturated heterocycles. The molecular formula is C18H19FN4S. The van der Waals surface area contributed by atoms with Crippen LogP contribution in [0.15, 0.2) is 53.7 Å². The summed E-state index contributed by atoms with van der Waals surface area (Å²) in [5, 5.41) is 12.6. The van der Waals surface area contributed by atoms with E-state index in [0.29, 0.717) is 6.54 Å². The second-order valence-electron chi connectivity index (χ2n) is 5.59. The first-order valence-corrected chi connectivity index (χ1v) is 8.66. The van der Waals surface area contributed by atoms with Crippen LogP contribution in [0.3, 0.4) is 0 Å². The zero-order chi connectivity index (χ0) is 16.9. The molecule has 1 aromatic heterocycles. The van der Waals surface area contributed by atoms with Crippen LogP contribution in [0.25, 0.3) is 0 Å². The van der Waals surface area contributed by atoms with Gasteiger partial charge in [-0.05, 0) is 36.8 Å². The third-order valence-corrected chi connectivity index (χ3v) is 4.80. The molecule has 0 bridgehead atoms. The van der Waals surface area contributed by atoms with E-state index in [1.807, 2.05) is 11.6 Å². The topological polar surface area (TPSA) is 42.7 Å². The van der Waals surface area contributed by atoms with Crippen LogP contribution in [-0.2, 0) is 19.3 Å². The van der Waals surface area contributed by atoms with E-state index in [-0.39, 0.29) is 5.82 Å². The van der Waals surface area contributed by atoms with E-state index in [9.17, 15) is 4.39 Å². The van der Waals surface area contributed by atoms with Gasteiger partial charge in [0.25, 0.3) is 0 Å². The van der Waals surface area contributed by atoms with Crippen molar-refractivity contribution in [2.75, 3.05) is 5.32 Å². The van der Waals surface area contributed by atoms with Crippen LogP contribution in [0, 0.1) is 12.7 Å². The zero-order valence-electron chi connectivity index (χ0n) is 13.7. The molecule has 0 saturated carbocycles. The SMILES string of the molecule is Cc1ccc(CSc2nnc(CNc3ccc(F)cc3)n2C)cc1. The first-order valence-electron chi connectivity index (χ1n) is 7.68. The van der Waals surface area contributed by atoms with Gasteiger partial charge in [0.05, 0.1) is 6.54 Å². The quantitative estimate of drug-likeness (QED) is 0.683. The van der Waals surface area contributed by atoms with E-state index in [2.05, 4.69) is 46.7 Å². The van der Waals surface area contributed by atoms with Crippen LogP contribution in [0.4, 0.5) is 10.1 Å². The third kappa shape index (κ3) is 4.14. The number of halogens is 1. The van der Waals surface area contributed by atoms with Gasteiger partial charge in [0.15, 0.2) is 11.0 Å². The monoisotopic (exact) mass is 342 g/mol. The van der Waals surface area contributed by atoms with E-state index < -0.39 is 0 Å². The first-order chi connectivity index (χ1) is 11.6. The van der Waals surface area contributed by atoms with Gasteiger partial charge in [-0.1, -0.05) is 41.6 Å². The molecule has 0 atom stereocenters. The van der Waals surface area contributed by atoms with E-state index in [1.165, 1.54) is 23.3 Å². The van der Waals surface area contributed by atoms with Crippen LogP contribution in [0.5, 0.6) is 0 Å². The number of thioether (sulfide) groups is 1. The highest BCUT2D eigenvalue weighted by molar-refractivity contribution is 7.98. The predicted molar refractivity (Wildman–Crippen MR) is 95.5 cm³/mol. The Bertz CT molecular complexity index is 730. The molecule has 1 heterocycles. The molecule has 0 aliphatic rings. The summed E-state index contributed by atoms with van der Waals surface area (Å²) in [4.78, 5) is 0. The van der Waals surface area contributed by atoms with Gasteiger partial charge < -0.3 is 9.88 Å². The van der Waals surface area contributed by atoms with Gasteiger partial charge in [0.2, 0.25) is 0 Å². The summed E-state index contributed by atoms with van der Waals surface area (Å²) in [5.74, 6) is 1.46. The van der Waals surface area contributed by atoms with Crippen LogP contribution >= 0.6 is 11.8 Å². The Labute approximate surface area is 145 Å². The standard InChI is InChI=1S/C18H19FN4S/c1-13-3-5-14(6-4-13)12-24-18-22-21-17(23(18)2)11-20-16-9-7-15(19)8-10-16/h3-10,20H,11-12H2,1-2H3. The number of benzene rings is 2. The highest BCUT2D eigenvalue weighted by atomic mass is 32.2. The molecule has 0 radical (unpaired) electrons. The molecule has 24 heavy (non-hydrogen) atoms. The highest BCUT2D eigenvalue weighted by Gasteiger charge is 2.09. The molecule has 124 valence electrons. The van der Waals surface area contributed by atoms with Crippen molar-refractivity contribution in [2.24, 2.45) is 7.05 Å². The average molecular weight is 342 g/mol. The van der Waals surface area contributed by atoms with Crippen molar-refractivity contribution in [1.82, 2.24) is 14.8 Å². The van der Waals surface area contributed by atoms with Crippen LogP contribution in [0.2, 0.25) is 0 Å². The number of hydrogen-bond donors (Lipinski definition) is 1. The maximum Gasteiger partial charge on any atom is 0.191 e. The van der Waals surface area contributed by atoms with E-state index >= 15 is 0 Å². The Morgan fingerprint density at radius 3 is 2.46 bits per heavy atom. The maximum atomic E-state index is 12.9. The van der Waals surface area contributed by atoms with Gasteiger partial charge in [0.1, 0.15) is 5.82 Å². The number of aryl methyl sites for hydroxylation is 1. The van der Waals surface area contributed by atoms with Gasteiger partial charge in [-0.3, -0.25) is 0 Å². The number of anilines is 1. The number of rotatable bonds is 6. The van der Waals surface area contributed by atoms with Gasteiger partial charge in [-0.15, -0.1) is 10.2 Å². The zero-order valence-corrected chi connectivity index (χ0v) is 14.5. The molecular weight excluding hydrogens is 323 g/mol. The molecule has 2 aromatic carbocycles. The summed E-state index contributed by atoms with van der Waals surface area (Å²) in [5.41, 5.74) is 3.38. The van der Waals surface area contributed by atoms with E-state index in [0.717, 1.165) is 22.4 Å². The summed E-state index contributed by atoms with van der Waals surface area (Å²) in [6.45, 7) is 2.63. The molecule has 1 N–H and O–H groups in total. The molecule has 0 spiro atoms. The second-order valence-corrected chi connectivity index (χ2v) is 6.54. The minimum atomic E-state index is -0.242. The number of aromatic nitrogens is 3. The second kappa shape index (κ2) is 7.49.